The number of anilines is 1. The lowest BCUT2D eigenvalue weighted by Gasteiger charge is -2.15. The Balaban J connectivity index is 1.99. The summed E-state index contributed by atoms with van der Waals surface area (Å²) in [4.78, 5) is 27.7. The molecule has 1 heterocycles. The SMILES string of the molecule is CCCNC(=O)C(C)NC(=O)Nc1ccc(-n2ccnc2C)c(F)c1. The zero-order valence-corrected chi connectivity index (χ0v) is 14.5. The second kappa shape index (κ2) is 8.27. The number of nitrogens with one attached hydrogen (secondary N) is 3. The third-order valence-electron chi connectivity index (χ3n) is 3.58. The Morgan fingerprint density at radius 3 is 2.72 bits per heavy atom. The van der Waals surface area contributed by atoms with Gasteiger partial charge in [0.05, 0.1) is 5.69 Å². The largest absolute Gasteiger partial charge is 0.354 e. The minimum absolute atomic E-state index is 0.269. The van der Waals surface area contributed by atoms with Crippen LogP contribution in [-0.2, 0) is 4.79 Å². The molecular weight excluding hydrogens is 325 g/mol. The van der Waals surface area contributed by atoms with Gasteiger partial charge in [-0.2, -0.15) is 0 Å². The number of carbonyl (C=O) groups excluding carboxylic acids is 2. The maximum atomic E-state index is 14.3. The van der Waals surface area contributed by atoms with Crippen molar-refractivity contribution in [3.05, 3.63) is 42.2 Å². The lowest BCUT2D eigenvalue weighted by atomic mass is 10.2. The van der Waals surface area contributed by atoms with E-state index in [0.717, 1.165) is 6.42 Å². The zero-order chi connectivity index (χ0) is 18.4. The third kappa shape index (κ3) is 4.79. The van der Waals surface area contributed by atoms with Crippen LogP contribution in [0.2, 0.25) is 0 Å². The second-order valence-electron chi connectivity index (χ2n) is 5.62. The number of imidazole rings is 1. The van der Waals surface area contributed by atoms with Gasteiger partial charge in [0.15, 0.2) is 0 Å². The molecule has 7 nitrogen and oxygen atoms in total. The van der Waals surface area contributed by atoms with Crippen molar-refractivity contribution in [3.8, 4) is 5.69 Å². The molecule has 2 aromatic rings. The standard InChI is InChI=1S/C17H22FN5O2/c1-4-7-20-16(24)11(2)21-17(25)22-13-5-6-15(14(18)10-13)23-9-8-19-12(23)3/h5-6,8-11H,4,7H2,1-3H3,(H,20,24)(H2,21,22,25). The van der Waals surface area contributed by atoms with Crippen molar-refractivity contribution in [2.75, 3.05) is 11.9 Å². The molecular formula is C17H22FN5O2. The van der Waals surface area contributed by atoms with Gasteiger partial charge in [-0.3, -0.25) is 4.79 Å². The van der Waals surface area contributed by atoms with Crippen LogP contribution in [0.25, 0.3) is 5.69 Å². The molecule has 0 saturated heterocycles. The molecule has 3 N–H and O–H groups in total. The summed E-state index contributed by atoms with van der Waals surface area (Å²) < 4.78 is 15.9. The van der Waals surface area contributed by atoms with E-state index in [-0.39, 0.29) is 11.6 Å². The quantitative estimate of drug-likeness (QED) is 0.749. The van der Waals surface area contributed by atoms with E-state index < -0.39 is 17.9 Å². The number of hydrogen-bond donors (Lipinski definition) is 3. The highest BCUT2D eigenvalue weighted by Gasteiger charge is 2.15. The van der Waals surface area contributed by atoms with Gasteiger partial charge >= 0.3 is 6.03 Å². The first-order valence-corrected chi connectivity index (χ1v) is 8.07. The summed E-state index contributed by atoms with van der Waals surface area (Å²) in [5.41, 5.74) is 0.631. The summed E-state index contributed by atoms with van der Waals surface area (Å²) in [6.07, 6.45) is 4.05. The summed E-state index contributed by atoms with van der Waals surface area (Å²) in [5.74, 6) is -0.106. The van der Waals surface area contributed by atoms with Gasteiger partial charge in [-0.25, -0.2) is 14.2 Å². The summed E-state index contributed by atoms with van der Waals surface area (Å²) in [5, 5.41) is 7.71. The molecule has 0 saturated carbocycles. The van der Waals surface area contributed by atoms with Crippen LogP contribution < -0.4 is 16.0 Å². The third-order valence-corrected chi connectivity index (χ3v) is 3.58. The molecule has 0 spiro atoms. The monoisotopic (exact) mass is 347 g/mol. The van der Waals surface area contributed by atoms with Crippen LogP contribution in [-0.4, -0.2) is 34.1 Å². The molecule has 1 unspecified atom stereocenters. The maximum Gasteiger partial charge on any atom is 0.319 e. The summed E-state index contributed by atoms with van der Waals surface area (Å²) in [7, 11) is 0. The van der Waals surface area contributed by atoms with E-state index in [2.05, 4.69) is 20.9 Å². The van der Waals surface area contributed by atoms with Crippen LogP contribution in [0, 0.1) is 12.7 Å². The van der Waals surface area contributed by atoms with E-state index >= 15 is 0 Å². The molecule has 3 amide bonds. The molecule has 8 heteroatoms. The molecule has 0 aliphatic rings. The van der Waals surface area contributed by atoms with Crippen LogP contribution in [0.15, 0.2) is 30.6 Å². The smallest absolute Gasteiger partial charge is 0.319 e. The minimum atomic E-state index is -0.690. The molecule has 1 aromatic carbocycles. The zero-order valence-electron chi connectivity index (χ0n) is 14.5. The average Bonchev–Trinajstić information content (AvgIpc) is 2.98. The lowest BCUT2D eigenvalue weighted by molar-refractivity contribution is -0.122. The molecule has 0 radical (unpaired) electrons. The number of hydrogen-bond acceptors (Lipinski definition) is 3. The number of rotatable bonds is 6. The Morgan fingerprint density at radius 1 is 1.36 bits per heavy atom. The molecule has 134 valence electrons. The second-order valence-corrected chi connectivity index (χ2v) is 5.62. The van der Waals surface area contributed by atoms with Gasteiger partial charge in [-0.15, -0.1) is 0 Å². The van der Waals surface area contributed by atoms with Crippen LogP contribution in [0.3, 0.4) is 0 Å². The minimum Gasteiger partial charge on any atom is -0.354 e. The number of benzene rings is 1. The van der Waals surface area contributed by atoms with Crippen molar-refractivity contribution in [2.45, 2.75) is 33.2 Å². The van der Waals surface area contributed by atoms with E-state index in [1.807, 2.05) is 6.92 Å². The van der Waals surface area contributed by atoms with E-state index in [0.29, 0.717) is 18.1 Å². The first kappa shape index (κ1) is 18.4. The number of urea groups is 1. The molecule has 25 heavy (non-hydrogen) atoms. The van der Waals surface area contributed by atoms with Crippen LogP contribution in [0.4, 0.5) is 14.9 Å². The van der Waals surface area contributed by atoms with Gasteiger partial charge < -0.3 is 20.5 Å². The number of amides is 3. The predicted molar refractivity (Wildman–Crippen MR) is 93.2 cm³/mol. The van der Waals surface area contributed by atoms with Crippen molar-refractivity contribution in [2.24, 2.45) is 0 Å². The molecule has 2 rings (SSSR count). The van der Waals surface area contributed by atoms with Crippen LogP contribution in [0.1, 0.15) is 26.1 Å². The Labute approximate surface area is 145 Å². The summed E-state index contributed by atoms with van der Waals surface area (Å²) >= 11 is 0. The normalized spacial score (nSPS) is 11.7. The van der Waals surface area contributed by atoms with Crippen molar-refractivity contribution in [3.63, 3.8) is 0 Å². The Bertz CT molecular complexity index is 759. The summed E-state index contributed by atoms with van der Waals surface area (Å²) in [6.45, 7) is 5.83. The van der Waals surface area contributed by atoms with E-state index in [1.54, 1.807) is 42.9 Å². The topological polar surface area (TPSA) is 88.0 Å². The number of halogens is 1. The molecule has 0 bridgehead atoms. The highest BCUT2D eigenvalue weighted by molar-refractivity contribution is 5.93. The lowest BCUT2D eigenvalue weighted by Crippen LogP contribution is -2.46. The predicted octanol–water partition coefficient (Wildman–Crippen LogP) is 2.36. The fourth-order valence-electron chi connectivity index (χ4n) is 2.24. The van der Waals surface area contributed by atoms with Crippen LogP contribution in [0.5, 0.6) is 0 Å². The van der Waals surface area contributed by atoms with Crippen molar-refractivity contribution < 1.29 is 14.0 Å². The fraction of sp³-hybridized carbons (Fsp3) is 0.353. The molecule has 0 aliphatic heterocycles. The average molecular weight is 347 g/mol. The maximum absolute atomic E-state index is 14.3. The molecule has 1 atom stereocenters. The van der Waals surface area contributed by atoms with Gasteiger partial charge in [0, 0.05) is 24.6 Å². The molecule has 0 aliphatic carbocycles. The van der Waals surface area contributed by atoms with Crippen LogP contribution >= 0.6 is 0 Å². The number of aromatic nitrogens is 2. The van der Waals surface area contributed by atoms with Gasteiger partial charge in [0.25, 0.3) is 0 Å². The van der Waals surface area contributed by atoms with E-state index in [4.69, 9.17) is 0 Å². The highest BCUT2D eigenvalue weighted by atomic mass is 19.1. The van der Waals surface area contributed by atoms with Crippen molar-refractivity contribution >= 4 is 17.6 Å². The van der Waals surface area contributed by atoms with Crippen molar-refractivity contribution in [1.82, 2.24) is 20.2 Å². The van der Waals surface area contributed by atoms with Gasteiger partial charge in [0.1, 0.15) is 17.7 Å². The fourth-order valence-corrected chi connectivity index (χ4v) is 2.24. The summed E-state index contributed by atoms with van der Waals surface area (Å²) in [6, 6.07) is 3.08. The Morgan fingerprint density at radius 2 is 2.12 bits per heavy atom. The molecule has 0 fully saturated rings. The Kier molecular flexibility index (Phi) is 6.10. The highest BCUT2D eigenvalue weighted by Crippen LogP contribution is 2.19. The first-order valence-electron chi connectivity index (χ1n) is 8.07. The number of carbonyl (C=O) groups is 2. The van der Waals surface area contributed by atoms with Gasteiger partial charge in [-0.05, 0) is 38.5 Å². The van der Waals surface area contributed by atoms with Gasteiger partial charge in [0.2, 0.25) is 5.91 Å². The molecule has 1 aromatic heterocycles. The first-order chi connectivity index (χ1) is 11.9. The number of aryl methyl sites for hydroxylation is 1. The Hall–Kier alpha value is -2.90. The van der Waals surface area contributed by atoms with Gasteiger partial charge in [-0.1, -0.05) is 6.92 Å². The van der Waals surface area contributed by atoms with E-state index in [9.17, 15) is 14.0 Å². The number of nitrogens with zero attached hydrogens (tertiary/aromatic N) is 2. The van der Waals surface area contributed by atoms with Crippen molar-refractivity contribution in [1.29, 1.82) is 0 Å². The van der Waals surface area contributed by atoms with E-state index in [1.165, 1.54) is 6.07 Å².